The van der Waals surface area contributed by atoms with E-state index in [0.29, 0.717) is 13.0 Å². The van der Waals surface area contributed by atoms with Crippen LogP contribution in [0.2, 0.25) is 0 Å². The quantitative estimate of drug-likeness (QED) is 0.841. The Morgan fingerprint density at radius 3 is 2.23 bits per heavy atom. The number of carbonyl (C=O) groups is 2. The molecular formula is C18H28N2O2. The lowest BCUT2D eigenvalue weighted by Gasteiger charge is -2.29. The van der Waals surface area contributed by atoms with Crippen molar-refractivity contribution in [3.05, 3.63) is 35.4 Å². The van der Waals surface area contributed by atoms with E-state index in [9.17, 15) is 9.59 Å². The molecule has 2 amide bonds. The Labute approximate surface area is 133 Å². The molecule has 0 spiro atoms. The van der Waals surface area contributed by atoms with E-state index in [1.54, 1.807) is 11.8 Å². The summed E-state index contributed by atoms with van der Waals surface area (Å²) in [4.78, 5) is 26.3. The van der Waals surface area contributed by atoms with Crippen molar-refractivity contribution < 1.29 is 9.59 Å². The molecule has 1 aromatic rings. The number of rotatable bonds is 7. The first-order chi connectivity index (χ1) is 10.3. The maximum Gasteiger partial charge on any atom is 0.242 e. The van der Waals surface area contributed by atoms with E-state index in [1.165, 1.54) is 5.56 Å². The summed E-state index contributed by atoms with van der Waals surface area (Å²) in [5.41, 5.74) is 2.22. The number of amides is 2. The number of hydrogen-bond donors (Lipinski definition) is 1. The molecule has 1 unspecified atom stereocenters. The van der Waals surface area contributed by atoms with Crippen LogP contribution in [0.4, 0.5) is 0 Å². The van der Waals surface area contributed by atoms with E-state index in [0.717, 1.165) is 12.0 Å². The second kappa shape index (κ2) is 8.57. The van der Waals surface area contributed by atoms with Crippen LogP contribution >= 0.6 is 0 Å². The average Bonchev–Trinajstić information content (AvgIpc) is 2.45. The van der Waals surface area contributed by atoms with Gasteiger partial charge < -0.3 is 10.2 Å². The van der Waals surface area contributed by atoms with Gasteiger partial charge >= 0.3 is 0 Å². The van der Waals surface area contributed by atoms with Crippen molar-refractivity contribution in [3.63, 3.8) is 0 Å². The summed E-state index contributed by atoms with van der Waals surface area (Å²) >= 11 is 0. The zero-order chi connectivity index (χ0) is 16.7. The molecule has 1 N–H and O–H groups in total. The van der Waals surface area contributed by atoms with Crippen LogP contribution < -0.4 is 5.32 Å². The van der Waals surface area contributed by atoms with E-state index < -0.39 is 6.04 Å². The van der Waals surface area contributed by atoms with Gasteiger partial charge in [0.2, 0.25) is 11.8 Å². The fourth-order valence-corrected chi connectivity index (χ4v) is 2.24. The summed E-state index contributed by atoms with van der Waals surface area (Å²) < 4.78 is 0. The Morgan fingerprint density at radius 2 is 1.73 bits per heavy atom. The van der Waals surface area contributed by atoms with Crippen LogP contribution in [0.25, 0.3) is 0 Å². The van der Waals surface area contributed by atoms with Crippen molar-refractivity contribution in [2.24, 2.45) is 0 Å². The predicted molar refractivity (Wildman–Crippen MR) is 89.4 cm³/mol. The molecule has 0 bridgehead atoms. The maximum absolute atomic E-state index is 12.4. The summed E-state index contributed by atoms with van der Waals surface area (Å²) in [6.07, 6.45) is 1.24. The van der Waals surface area contributed by atoms with Crippen molar-refractivity contribution >= 4 is 11.8 Å². The molecule has 0 aliphatic rings. The van der Waals surface area contributed by atoms with Crippen LogP contribution in [-0.4, -0.2) is 28.8 Å². The molecule has 0 fully saturated rings. The minimum absolute atomic E-state index is 0.0227. The first-order valence-electron chi connectivity index (χ1n) is 8.00. The summed E-state index contributed by atoms with van der Waals surface area (Å²) in [6, 6.07) is 7.66. The van der Waals surface area contributed by atoms with E-state index in [1.807, 2.05) is 52.0 Å². The highest BCUT2D eigenvalue weighted by atomic mass is 16.2. The van der Waals surface area contributed by atoms with E-state index in [-0.39, 0.29) is 17.9 Å². The molecule has 1 rings (SSSR count). The molecule has 122 valence electrons. The molecular weight excluding hydrogens is 276 g/mol. The summed E-state index contributed by atoms with van der Waals surface area (Å²) in [5.74, 6) is -0.0824. The molecule has 22 heavy (non-hydrogen) atoms. The van der Waals surface area contributed by atoms with Gasteiger partial charge in [-0.2, -0.15) is 0 Å². The Bertz CT molecular complexity index is 494. The summed E-state index contributed by atoms with van der Waals surface area (Å²) in [7, 11) is 0. The minimum atomic E-state index is -0.470. The zero-order valence-electron chi connectivity index (χ0n) is 14.3. The van der Waals surface area contributed by atoms with Crippen LogP contribution in [0.1, 0.15) is 51.7 Å². The molecule has 0 aromatic heterocycles. The Kier molecular flexibility index (Phi) is 7.09. The van der Waals surface area contributed by atoms with Gasteiger partial charge in [0, 0.05) is 19.0 Å². The van der Waals surface area contributed by atoms with E-state index >= 15 is 0 Å². The monoisotopic (exact) mass is 304 g/mol. The molecule has 1 atom stereocenters. The Hall–Kier alpha value is -1.84. The van der Waals surface area contributed by atoms with Crippen LogP contribution in [0.5, 0.6) is 0 Å². The average molecular weight is 304 g/mol. The summed E-state index contributed by atoms with van der Waals surface area (Å²) in [5, 5.41) is 2.88. The molecule has 0 heterocycles. The van der Waals surface area contributed by atoms with Crippen molar-refractivity contribution in [1.82, 2.24) is 10.2 Å². The lowest BCUT2D eigenvalue weighted by atomic mass is 10.1. The van der Waals surface area contributed by atoms with E-state index in [4.69, 9.17) is 0 Å². The number of hydrogen-bond acceptors (Lipinski definition) is 2. The Morgan fingerprint density at radius 1 is 1.14 bits per heavy atom. The molecule has 0 aliphatic carbocycles. The largest absolute Gasteiger partial charge is 0.352 e. The van der Waals surface area contributed by atoms with Crippen LogP contribution in [-0.2, 0) is 16.1 Å². The number of nitrogens with one attached hydrogen (secondary N) is 1. The fourth-order valence-electron chi connectivity index (χ4n) is 2.24. The highest BCUT2D eigenvalue weighted by Crippen LogP contribution is 2.12. The van der Waals surface area contributed by atoms with Crippen molar-refractivity contribution in [3.8, 4) is 0 Å². The van der Waals surface area contributed by atoms with Gasteiger partial charge in [-0.05, 0) is 39.7 Å². The lowest BCUT2D eigenvalue weighted by molar-refractivity contribution is -0.140. The normalized spacial score (nSPS) is 12.1. The molecule has 1 aromatic carbocycles. The van der Waals surface area contributed by atoms with Gasteiger partial charge in [-0.3, -0.25) is 9.59 Å². The highest BCUT2D eigenvalue weighted by Gasteiger charge is 2.25. The third-order valence-electron chi connectivity index (χ3n) is 3.54. The number of carbonyl (C=O) groups excluding carboxylic acids is 2. The number of aryl methyl sites for hydroxylation is 1. The van der Waals surface area contributed by atoms with Gasteiger partial charge in [-0.25, -0.2) is 0 Å². The van der Waals surface area contributed by atoms with Crippen molar-refractivity contribution in [2.45, 2.75) is 66.1 Å². The summed E-state index contributed by atoms with van der Waals surface area (Å²) in [6.45, 7) is 10.1. The van der Waals surface area contributed by atoms with Gasteiger partial charge in [-0.15, -0.1) is 0 Å². The molecule has 0 radical (unpaired) electrons. The molecule has 0 saturated heterocycles. The highest BCUT2D eigenvalue weighted by molar-refractivity contribution is 5.87. The van der Waals surface area contributed by atoms with Gasteiger partial charge in [0.25, 0.3) is 0 Å². The van der Waals surface area contributed by atoms with Crippen LogP contribution in [0.3, 0.4) is 0 Å². The first-order valence-corrected chi connectivity index (χ1v) is 8.00. The third kappa shape index (κ3) is 5.51. The fraction of sp³-hybridized carbons (Fsp3) is 0.556. The lowest BCUT2D eigenvalue weighted by Crippen LogP contribution is -2.49. The van der Waals surface area contributed by atoms with Crippen molar-refractivity contribution in [2.75, 3.05) is 0 Å². The standard InChI is InChI=1S/C18H28N2O2/c1-6-7-17(21)20(15(5)18(22)19-13(2)3)12-16-10-8-14(4)9-11-16/h8-11,13,15H,6-7,12H2,1-5H3,(H,19,22). The SMILES string of the molecule is CCCC(=O)N(Cc1ccc(C)cc1)C(C)C(=O)NC(C)C. The van der Waals surface area contributed by atoms with Gasteiger partial charge in [0.15, 0.2) is 0 Å². The third-order valence-corrected chi connectivity index (χ3v) is 3.54. The Balaban J connectivity index is 2.89. The second-order valence-corrected chi connectivity index (χ2v) is 6.10. The van der Waals surface area contributed by atoms with Gasteiger partial charge in [0.1, 0.15) is 6.04 Å². The predicted octanol–water partition coefficient (Wildman–Crippen LogP) is 3.04. The van der Waals surface area contributed by atoms with Crippen LogP contribution in [0, 0.1) is 6.92 Å². The number of nitrogens with zero attached hydrogens (tertiary/aromatic N) is 1. The van der Waals surface area contributed by atoms with E-state index in [2.05, 4.69) is 5.32 Å². The topological polar surface area (TPSA) is 49.4 Å². The van der Waals surface area contributed by atoms with Gasteiger partial charge in [-0.1, -0.05) is 36.8 Å². The second-order valence-electron chi connectivity index (χ2n) is 6.10. The molecule has 4 nitrogen and oxygen atoms in total. The van der Waals surface area contributed by atoms with Crippen LogP contribution in [0.15, 0.2) is 24.3 Å². The van der Waals surface area contributed by atoms with Gasteiger partial charge in [0.05, 0.1) is 0 Å². The maximum atomic E-state index is 12.4. The molecule has 0 saturated carbocycles. The smallest absolute Gasteiger partial charge is 0.242 e. The molecule has 0 aliphatic heterocycles. The molecule has 4 heteroatoms. The minimum Gasteiger partial charge on any atom is -0.352 e. The van der Waals surface area contributed by atoms with Crippen molar-refractivity contribution in [1.29, 1.82) is 0 Å². The number of benzene rings is 1. The first kappa shape index (κ1) is 18.2. The zero-order valence-corrected chi connectivity index (χ0v) is 14.3.